The van der Waals surface area contributed by atoms with Gasteiger partial charge in [0.05, 0.1) is 12.0 Å². The molecule has 4 aromatic rings. The van der Waals surface area contributed by atoms with E-state index in [4.69, 9.17) is 9.15 Å². The van der Waals surface area contributed by atoms with Crippen molar-refractivity contribution in [3.63, 3.8) is 0 Å². The van der Waals surface area contributed by atoms with Crippen LogP contribution < -0.4 is 15.4 Å². The van der Waals surface area contributed by atoms with Gasteiger partial charge in [-0.1, -0.05) is 18.2 Å². The molecular weight excluding hydrogens is 406 g/mol. The molecule has 0 fully saturated rings. The first-order valence-electron chi connectivity index (χ1n) is 10.0. The number of benzene rings is 2. The number of pyridine rings is 1. The van der Waals surface area contributed by atoms with Gasteiger partial charge in [0, 0.05) is 24.0 Å². The van der Waals surface area contributed by atoms with Gasteiger partial charge in [-0.2, -0.15) is 0 Å². The number of nitrogens with one attached hydrogen (secondary N) is 2. The third-order valence-electron chi connectivity index (χ3n) is 4.61. The Kier molecular flexibility index (Phi) is 6.57. The van der Waals surface area contributed by atoms with Crippen LogP contribution in [-0.4, -0.2) is 16.8 Å². The third kappa shape index (κ3) is 5.60. The Balaban J connectivity index is 1.29. The molecule has 2 N–H and O–H groups in total. The summed E-state index contributed by atoms with van der Waals surface area (Å²) in [4.78, 5) is 28.7. The molecule has 7 heteroatoms. The molecule has 160 valence electrons. The van der Waals surface area contributed by atoms with Crippen LogP contribution in [0.5, 0.6) is 5.75 Å². The second-order valence-electron chi connectivity index (χ2n) is 6.95. The van der Waals surface area contributed by atoms with Crippen LogP contribution in [-0.2, 0) is 13.2 Å². The maximum Gasteiger partial charge on any atom is 0.291 e. The normalized spacial score (nSPS) is 10.4. The van der Waals surface area contributed by atoms with Crippen LogP contribution >= 0.6 is 0 Å². The molecule has 2 heterocycles. The van der Waals surface area contributed by atoms with Gasteiger partial charge in [0.25, 0.3) is 11.8 Å². The average Bonchev–Trinajstić information content (AvgIpc) is 3.38. The Labute approximate surface area is 185 Å². The quantitative estimate of drug-likeness (QED) is 0.434. The van der Waals surface area contributed by atoms with E-state index >= 15 is 0 Å². The van der Waals surface area contributed by atoms with Gasteiger partial charge in [0.15, 0.2) is 5.76 Å². The Morgan fingerprint density at radius 2 is 1.78 bits per heavy atom. The van der Waals surface area contributed by atoms with E-state index in [1.165, 1.54) is 6.26 Å². The summed E-state index contributed by atoms with van der Waals surface area (Å²) in [5, 5.41) is 5.61. The fourth-order valence-corrected chi connectivity index (χ4v) is 2.98. The zero-order valence-electron chi connectivity index (χ0n) is 17.2. The van der Waals surface area contributed by atoms with Gasteiger partial charge in [-0.15, -0.1) is 0 Å². The molecular formula is C25H21N3O4. The van der Waals surface area contributed by atoms with E-state index in [1.807, 2.05) is 42.5 Å². The van der Waals surface area contributed by atoms with E-state index in [0.29, 0.717) is 30.2 Å². The van der Waals surface area contributed by atoms with Crippen molar-refractivity contribution in [2.75, 3.05) is 5.32 Å². The highest BCUT2D eigenvalue weighted by molar-refractivity contribution is 6.02. The van der Waals surface area contributed by atoms with Gasteiger partial charge in [-0.25, -0.2) is 0 Å². The summed E-state index contributed by atoms with van der Waals surface area (Å²) in [7, 11) is 0. The van der Waals surface area contributed by atoms with E-state index in [0.717, 1.165) is 11.3 Å². The van der Waals surface area contributed by atoms with E-state index in [2.05, 4.69) is 15.6 Å². The summed E-state index contributed by atoms with van der Waals surface area (Å²) in [6.07, 6.45) is 3.16. The minimum atomic E-state index is -0.350. The molecule has 32 heavy (non-hydrogen) atoms. The molecule has 0 unspecified atom stereocenters. The van der Waals surface area contributed by atoms with Crippen molar-refractivity contribution in [3.8, 4) is 5.75 Å². The molecule has 0 bridgehead atoms. The van der Waals surface area contributed by atoms with Crippen molar-refractivity contribution < 1.29 is 18.7 Å². The lowest BCUT2D eigenvalue weighted by atomic mass is 10.1. The lowest BCUT2D eigenvalue weighted by Gasteiger charge is -2.09. The first-order chi connectivity index (χ1) is 15.7. The number of amides is 2. The number of anilines is 1. The Hall–Kier alpha value is -4.39. The predicted molar refractivity (Wildman–Crippen MR) is 119 cm³/mol. The standard InChI is InChI=1S/C25H21N3O4/c29-24(19-9-11-20(12-10-19)28-25(30)23-8-4-14-31-23)27-16-18-5-3-7-22(15-18)32-17-21-6-1-2-13-26-21/h1-15H,16-17H2,(H,27,29)(H,28,30). The number of carbonyl (C=O) groups is 2. The SMILES string of the molecule is O=C(NCc1cccc(OCc2ccccn2)c1)c1ccc(NC(=O)c2ccco2)cc1. The van der Waals surface area contributed by atoms with E-state index < -0.39 is 0 Å². The predicted octanol–water partition coefficient (Wildman–Crippen LogP) is 4.44. The fraction of sp³-hybridized carbons (Fsp3) is 0.0800. The van der Waals surface area contributed by atoms with Crippen LogP contribution in [0.25, 0.3) is 0 Å². The van der Waals surface area contributed by atoms with Crippen molar-refractivity contribution in [1.82, 2.24) is 10.3 Å². The number of aromatic nitrogens is 1. The Morgan fingerprint density at radius 3 is 2.53 bits per heavy atom. The zero-order valence-corrected chi connectivity index (χ0v) is 17.2. The number of carbonyl (C=O) groups excluding carboxylic acids is 2. The maximum absolute atomic E-state index is 12.5. The number of furan rings is 1. The van der Waals surface area contributed by atoms with Gasteiger partial charge in [0.2, 0.25) is 0 Å². The Bertz CT molecular complexity index is 1170. The molecule has 0 radical (unpaired) electrons. The minimum absolute atomic E-state index is 0.214. The van der Waals surface area contributed by atoms with Gasteiger partial charge >= 0.3 is 0 Å². The highest BCUT2D eigenvalue weighted by Gasteiger charge is 2.10. The van der Waals surface area contributed by atoms with Crippen LogP contribution in [0.1, 0.15) is 32.2 Å². The van der Waals surface area contributed by atoms with Crippen molar-refractivity contribution in [2.45, 2.75) is 13.2 Å². The average molecular weight is 427 g/mol. The molecule has 0 aliphatic heterocycles. The van der Waals surface area contributed by atoms with Crippen LogP contribution in [0.3, 0.4) is 0 Å². The maximum atomic E-state index is 12.5. The van der Waals surface area contributed by atoms with E-state index in [1.54, 1.807) is 42.6 Å². The van der Waals surface area contributed by atoms with Crippen molar-refractivity contribution in [2.24, 2.45) is 0 Å². The van der Waals surface area contributed by atoms with Crippen molar-refractivity contribution >= 4 is 17.5 Å². The number of ether oxygens (including phenoxy) is 1. The first kappa shape index (κ1) is 20.9. The smallest absolute Gasteiger partial charge is 0.291 e. The molecule has 7 nitrogen and oxygen atoms in total. The summed E-state index contributed by atoms with van der Waals surface area (Å²) >= 11 is 0. The van der Waals surface area contributed by atoms with Crippen LogP contribution in [0.15, 0.2) is 95.7 Å². The number of rotatable bonds is 8. The molecule has 0 aliphatic rings. The van der Waals surface area contributed by atoms with Crippen LogP contribution in [0.2, 0.25) is 0 Å². The van der Waals surface area contributed by atoms with Crippen molar-refractivity contribution in [1.29, 1.82) is 0 Å². The molecule has 2 aromatic heterocycles. The summed E-state index contributed by atoms with van der Waals surface area (Å²) in [6, 6.07) is 23.1. The van der Waals surface area contributed by atoms with E-state index in [9.17, 15) is 9.59 Å². The number of hydrogen-bond acceptors (Lipinski definition) is 5. The van der Waals surface area contributed by atoms with Gasteiger partial charge in [-0.3, -0.25) is 14.6 Å². The molecule has 0 saturated heterocycles. The van der Waals surface area contributed by atoms with Crippen LogP contribution in [0.4, 0.5) is 5.69 Å². The first-order valence-corrected chi connectivity index (χ1v) is 10.0. The van der Waals surface area contributed by atoms with E-state index in [-0.39, 0.29) is 17.6 Å². The number of hydrogen-bond donors (Lipinski definition) is 2. The summed E-state index contributed by atoms with van der Waals surface area (Å²) in [6.45, 7) is 0.732. The number of nitrogens with zero attached hydrogens (tertiary/aromatic N) is 1. The molecule has 0 saturated carbocycles. The summed E-state index contributed by atoms with van der Waals surface area (Å²) in [5.41, 5.74) is 2.82. The summed E-state index contributed by atoms with van der Waals surface area (Å²) in [5.74, 6) is 0.364. The lowest BCUT2D eigenvalue weighted by Crippen LogP contribution is -2.22. The molecule has 2 aromatic carbocycles. The zero-order chi connectivity index (χ0) is 22.2. The van der Waals surface area contributed by atoms with Gasteiger partial charge < -0.3 is 19.8 Å². The molecule has 2 amide bonds. The van der Waals surface area contributed by atoms with Crippen LogP contribution in [0, 0.1) is 0 Å². The summed E-state index contributed by atoms with van der Waals surface area (Å²) < 4.78 is 10.8. The minimum Gasteiger partial charge on any atom is -0.487 e. The molecule has 0 aliphatic carbocycles. The van der Waals surface area contributed by atoms with Crippen molar-refractivity contribution in [3.05, 3.63) is 114 Å². The topological polar surface area (TPSA) is 93.5 Å². The van der Waals surface area contributed by atoms with Gasteiger partial charge in [-0.05, 0) is 66.2 Å². The molecule has 0 spiro atoms. The van der Waals surface area contributed by atoms with Gasteiger partial charge in [0.1, 0.15) is 12.4 Å². The molecule has 4 rings (SSSR count). The largest absolute Gasteiger partial charge is 0.487 e. The fourth-order valence-electron chi connectivity index (χ4n) is 2.98. The third-order valence-corrected chi connectivity index (χ3v) is 4.61. The highest BCUT2D eigenvalue weighted by atomic mass is 16.5. The monoisotopic (exact) mass is 427 g/mol. The lowest BCUT2D eigenvalue weighted by molar-refractivity contribution is 0.0950. The second-order valence-corrected chi connectivity index (χ2v) is 6.95. The highest BCUT2D eigenvalue weighted by Crippen LogP contribution is 2.16. The molecule has 0 atom stereocenters. The second kappa shape index (κ2) is 10.1. The Morgan fingerprint density at radius 1 is 0.906 bits per heavy atom.